The molecule has 114 valence electrons. The Balaban J connectivity index is 2.27. The summed E-state index contributed by atoms with van der Waals surface area (Å²) in [5.41, 5.74) is 1.07. The van der Waals surface area contributed by atoms with Crippen molar-refractivity contribution in [2.24, 2.45) is 7.05 Å². The van der Waals surface area contributed by atoms with Crippen LogP contribution in [0.1, 0.15) is 26.3 Å². The van der Waals surface area contributed by atoms with E-state index in [0.29, 0.717) is 0 Å². The second-order valence-electron chi connectivity index (χ2n) is 5.76. The number of hydrogen-bond acceptors (Lipinski definition) is 4. The summed E-state index contributed by atoms with van der Waals surface area (Å²) >= 11 is 5.89. The van der Waals surface area contributed by atoms with E-state index in [2.05, 4.69) is 25.8 Å². The Bertz CT molecular complexity index is 744. The van der Waals surface area contributed by atoms with Crippen LogP contribution >= 0.6 is 11.6 Å². The molecule has 1 aromatic carbocycles. The molecule has 0 saturated heterocycles. The van der Waals surface area contributed by atoms with E-state index in [-0.39, 0.29) is 21.3 Å². The maximum atomic E-state index is 12.1. The largest absolute Gasteiger partial charge is 0.378 e. The molecular formula is C14H17ClN2O3S. The Morgan fingerprint density at radius 2 is 1.76 bits per heavy atom. The van der Waals surface area contributed by atoms with Gasteiger partial charge in [-0.3, -0.25) is 0 Å². The second-order valence-corrected chi connectivity index (χ2v) is 7.58. The fraction of sp³-hybridized carbons (Fsp3) is 0.357. The van der Waals surface area contributed by atoms with Gasteiger partial charge >= 0.3 is 10.1 Å². The molecule has 1 heterocycles. The van der Waals surface area contributed by atoms with Gasteiger partial charge in [0.05, 0.1) is 6.33 Å². The van der Waals surface area contributed by atoms with Crippen molar-refractivity contribution in [2.75, 3.05) is 0 Å². The zero-order valence-electron chi connectivity index (χ0n) is 12.3. The van der Waals surface area contributed by atoms with Gasteiger partial charge in [-0.15, -0.1) is 0 Å². The highest BCUT2D eigenvalue weighted by molar-refractivity contribution is 7.87. The number of hydrogen-bond donors (Lipinski definition) is 0. The number of aryl methyl sites for hydroxylation is 1. The molecule has 0 spiro atoms. The van der Waals surface area contributed by atoms with Crippen LogP contribution < -0.4 is 4.18 Å². The van der Waals surface area contributed by atoms with Crippen LogP contribution in [0.5, 0.6) is 5.75 Å². The second kappa shape index (κ2) is 5.35. The molecule has 21 heavy (non-hydrogen) atoms. The molecular weight excluding hydrogens is 312 g/mol. The summed E-state index contributed by atoms with van der Waals surface area (Å²) in [5.74, 6) is 0.227. The molecule has 0 bridgehead atoms. The molecule has 0 atom stereocenters. The molecule has 0 radical (unpaired) electrons. The molecule has 0 fully saturated rings. The van der Waals surface area contributed by atoms with Crippen LogP contribution in [0.2, 0.25) is 5.15 Å². The molecule has 2 rings (SSSR count). The van der Waals surface area contributed by atoms with Gasteiger partial charge in [-0.1, -0.05) is 44.5 Å². The fourth-order valence-corrected chi connectivity index (χ4v) is 3.08. The molecule has 0 amide bonds. The third-order valence-electron chi connectivity index (χ3n) is 3.00. The molecule has 7 heteroatoms. The van der Waals surface area contributed by atoms with Gasteiger partial charge in [0.1, 0.15) is 5.75 Å². The molecule has 0 aliphatic heterocycles. The van der Waals surface area contributed by atoms with E-state index in [1.165, 1.54) is 10.9 Å². The van der Waals surface area contributed by atoms with Crippen molar-refractivity contribution in [3.05, 3.63) is 41.3 Å². The summed E-state index contributed by atoms with van der Waals surface area (Å²) in [4.78, 5) is 3.76. The average molecular weight is 329 g/mol. The van der Waals surface area contributed by atoms with Crippen LogP contribution in [0, 0.1) is 0 Å². The number of rotatable bonds is 3. The van der Waals surface area contributed by atoms with Gasteiger partial charge in [0.2, 0.25) is 5.03 Å². The lowest BCUT2D eigenvalue weighted by Crippen LogP contribution is -2.12. The quantitative estimate of drug-likeness (QED) is 0.812. The van der Waals surface area contributed by atoms with Crippen LogP contribution in [0.15, 0.2) is 35.6 Å². The lowest BCUT2D eigenvalue weighted by atomic mass is 9.87. The molecule has 5 nitrogen and oxygen atoms in total. The zero-order valence-corrected chi connectivity index (χ0v) is 13.9. The Morgan fingerprint density at radius 3 is 2.19 bits per heavy atom. The Morgan fingerprint density at radius 1 is 1.19 bits per heavy atom. The smallest absolute Gasteiger partial charge is 0.360 e. The lowest BCUT2D eigenvalue weighted by Gasteiger charge is -2.19. The fourth-order valence-electron chi connectivity index (χ4n) is 1.74. The summed E-state index contributed by atoms with van der Waals surface area (Å²) in [6.45, 7) is 6.23. The number of benzene rings is 1. The average Bonchev–Trinajstić information content (AvgIpc) is 2.69. The third kappa shape index (κ3) is 3.39. The van der Waals surface area contributed by atoms with E-state index in [0.717, 1.165) is 5.56 Å². The van der Waals surface area contributed by atoms with Crippen molar-refractivity contribution in [2.45, 2.75) is 31.2 Å². The van der Waals surface area contributed by atoms with Crippen LogP contribution in [-0.2, 0) is 22.6 Å². The van der Waals surface area contributed by atoms with E-state index < -0.39 is 10.1 Å². The summed E-state index contributed by atoms with van der Waals surface area (Å²) < 4.78 is 30.7. The lowest BCUT2D eigenvalue weighted by molar-refractivity contribution is 0.482. The summed E-state index contributed by atoms with van der Waals surface area (Å²) in [6.07, 6.45) is 1.32. The van der Waals surface area contributed by atoms with Crippen molar-refractivity contribution in [3.63, 3.8) is 0 Å². The van der Waals surface area contributed by atoms with Crippen molar-refractivity contribution < 1.29 is 12.6 Å². The Labute approximate surface area is 129 Å². The first kappa shape index (κ1) is 15.9. The third-order valence-corrected chi connectivity index (χ3v) is 4.74. The zero-order chi connectivity index (χ0) is 15.8. The highest BCUT2D eigenvalue weighted by Gasteiger charge is 2.25. The standard InChI is InChI=1S/C14H17ClN2O3S/c1-14(2,3)10-5-7-11(8-6-10)20-21(18,19)13-12(15)17(4)9-16-13/h5-9H,1-4H3. The Kier molecular flexibility index (Phi) is 4.04. The minimum Gasteiger partial charge on any atom is -0.378 e. The van der Waals surface area contributed by atoms with Gasteiger partial charge in [0, 0.05) is 7.05 Å². The predicted octanol–water partition coefficient (Wildman–Crippen LogP) is 3.14. The summed E-state index contributed by atoms with van der Waals surface area (Å²) in [5, 5.41) is -0.270. The molecule has 2 aromatic rings. The molecule has 0 aliphatic carbocycles. The SMILES string of the molecule is Cn1cnc(S(=O)(=O)Oc2ccc(C(C)(C)C)cc2)c1Cl. The van der Waals surface area contributed by atoms with Gasteiger partial charge in [-0.25, -0.2) is 4.98 Å². The number of aromatic nitrogens is 2. The van der Waals surface area contributed by atoms with E-state index in [1.54, 1.807) is 19.2 Å². The normalized spacial score (nSPS) is 12.4. The molecule has 0 aliphatic rings. The number of imidazole rings is 1. The van der Waals surface area contributed by atoms with E-state index in [1.807, 2.05) is 12.1 Å². The monoisotopic (exact) mass is 328 g/mol. The minimum absolute atomic E-state index is 0.0122. The minimum atomic E-state index is -4.04. The first-order valence-corrected chi connectivity index (χ1v) is 8.12. The summed E-state index contributed by atoms with van der Waals surface area (Å²) in [7, 11) is -2.43. The highest BCUT2D eigenvalue weighted by atomic mass is 35.5. The molecule has 0 N–H and O–H groups in total. The van der Waals surface area contributed by atoms with Gasteiger partial charge in [-0.05, 0) is 23.1 Å². The summed E-state index contributed by atoms with van der Waals surface area (Å²) in [6, 6.07) is 6.92. The maximum absolute atomic E-state index is 12.1. The van der Waals surface area contributed by atoms with Crippen LogP contribution in [0.4, 0.5) is 0 Å². The van der Waals surface area contributed by atoms with Crippen molar-refractivity contribution in [1.29, 1.82) is 0 Å². The molecule has 1 aromatic heterocycles. The topological polar surface area (TPSA) is 61.2 Å². The van der Waals surface area contributed by atoms with Crippen LogP contribution in [0.3, 0.4) is 0 Å². The molecule has 0 unspecified atom stereocenters. The molecule has 0 saturated carbocycles. The van der Waals surface area contributed by atoms with E-state index in [9.17, 15) is 8.42 Å². The van der Waals surface area contributed by atoms with Gasteiger partial charge in [-0.2, -0.15) is 8.42 Å². The van der Waals surface area contributed by atoms with Gasteiger partial charge in [0.15, 0.2) is 5.15 Å². The predicted molar refractivity (Wildman–Crippen MR) is 81.2 cm³/mol. The van der Waals surface area contributed by atoms with Crippen molar-refractivity contribution in [3.8, 4) is 5.75 Å². The first-order valence-electron chi connectivity index (χ1n) is 6.33. The van der Waals surface area contributed by atoms with Crippen molar-refractivity contribution >= 4 is 21.7 Å². The Hall–Kier alpha value is -1.53. The van der Waals surface area contributed by atoms with Gasteiger partial charge in [0.25, 0.3) is 0 Å². The van der Waals surface area contributed by atoms with Gasteiger partial charge < -0.3 is 8.75 Å². The van der Waals surface area contributed by atoms with Crippen LogP contribution in [-0.4, -0.2) is 18.0 Å². The van der Waals surface area contributed by atoms with Crippen molar-refractivity contribution in [1.82, 2.24) is 9.55 Å². The van der Waals surface area contributed by atoms with E-state index >= 15 is 0 Å². The number of halogens is 1. The highest BCUT2D eigenvalue weighted by Crippen LogP contribution is 2.27. The first-order chi connectivity index (χ1) is 9.61. The maximum Gasteiger partial charge on any atom is 0.360 e. The van der Waals surface area contributed by atoms with E-state index in [4.69, 9.17) is 15.8 Å². The van der Waals surface area contributed by atoms with Crippen LogP contribution in [0.25, 0.3) is 0 Å². The number of nitrogens with zero attached hydrogens (tertiary/aromatic N) is 2.